The highest BCUT2D eigenvalue weighted by molar-refractivity contribution is 5.99. The highest BCUT2D eigenvalue weighted by Crippen LogP contribution is 2.50. The standard InChI is InChI=1S/C23H22O8/c1-22(2)6-5-9-12(31-22)8-13-14(16(9)25)17(26)10-7-11(24)20-15(19(10)29-13)18(27)21(30-20)23(3,4)28/h5-8,18,21,24-25,27-28H,1-4H3. The largest absolute Gasteiger partial charge is 0.506 e. The Kier molecular flexibility index (Phi) is 3.77. The fraction of sp³-hybridized carbons (Fsp3) is 0.348. The number of hydrogen-bond acceptors (Lipinski definition) is 8. The second-order valence-corrected chi connectivity index (χ2v) is 9.13. The number of ether oxygens (including phenoxy) is 2. The van der Waals surface area contributed by atoms with Crippen molar-refractivity contribution in [2.45, 2.75) is 51.1 Å². The molecule has 31 heavy (non-hydrogen) atoms. The minimum atomic E-state index is -1.43. The number of rotatable bonds is 1. The first kappa shape index (κ1) is 19.7. The maximum atomic E-state index is 13.3. The molecule has 162 valence electrons. The van der Waals surface area contributed by atoms with Gasteiger partial charge < -0.3 is 34.3 Å². The summed E-state index contributed by atoms with van der Waals surface area (Å²) in [5.41, 5.74) is -2.12. The third kappa shape index (κ3) is 2.72. The van der Waals surface area contributed by atoms with E-state index in [1.165, 1.54) is 26.0 Å². The molecular weight excluding hydrogens is 404 g/mol. The molecule has 0 spiro atoms. The van der Waals surface area contributed by atoms with Gasteiger partial charge >= 0.3 is 0 Å². The second-order valence-electron chi connectivity index (χ2n) is 9.13. The molecule has 3 aromatic rings. The zero-order chi connectivity index (χ0) is 22.5. The third-order valence-electron chi connectivity index (χ3n) is 5.75. The molecular formula is C23H22O8. The van der Waals surface area contributed by atoms with Crippen molar-refractivity contribution in [3.05, 3.63) is 39.6 Å². The predicted octanol–water partition coefficient (Wildman–Crippen LogP) is 3.11. The normalized spacial score (nSPS) is 21.6. The van der Waals surface area contributed by atoms with Gasteiger partial charge in [0.1, 0.15) is 39.8 Å². The van der Waals surface area contributed by atoms with E-state index in [1.54, 1.807) is 12.2 Å². The minimum absolute atomic E-state index is 0.00881. The maximum absolute atomic E-state index is 13.3. The topological polar surface area (TPSA) is 130 Å². The van der Waals surface area contributed by atoms with Gasteiger partial charge in [-0.3, -0.25) is 4.79 Å². The van der Waals surface area contributed by atoms with Crippen molar-refractivity contribution in [2.24, 2.45) is 0 Å². The summed E-state index contributed by atoms with van der Waals surface area (Å²) < 4.78 is 17.5. The molecule has 0 aliphatic carbocycles. The zero-order valence-electron chi connectivity index (χ0n) is 17.4. The summed E-state index contributed by atoms with van der Waals surface area (Å²) in [6, 6.07) is 2.69. The van der Waals surface area contributed by atoms with Crippen LogP contribution in [-0.2, 0) is 0 Å². The third-order valence-corrected chi connectivity index (χ3v) is 5.75. The molecule has 0 saturated carbocycles. The van der Waals surface area contributed by atoms with Crippen molar-refractivity contribution in [1.29, 1.82) is 0 Å². The molecule has 2 aliphatic rings. The molecule has 3 heterocycles. The number of phenolic OH excluding ortho intramolecular Hbond substituents is 2. The molecule has 8 heteroatoms. The fourth-order valence-electron chi connectivity index (χ4n) is 4.23. The van der Waals surface area contributed by atoms with Crippen molar-refractivity contribution < 1.29 is 34.3 Å². The quantitative estimate of drug-likeness (QED) is 0.437. The Morgan fingerprint density at radius 2 is 1.87 bits per heavy atom. The van der Waals surface area contributed by atoms with Gasteiger partial charge in [0.2, 0.25) is 5.43 Å². The first-order valence-corrected chi connectivity index (χ1v) is 9.87. The average molecular weight is 426 g/mol. The molecule has 0 saturated heterocycles. The highest BCUT2D eigenvalue weighted by Gasteiger charge is 2.46. The second kappa shape index (κ2) is 5.93. The van der Waals surface area contributed by atoms with E-state index >= 15 is 0 Å². The van der Waals surface area contributed by atoms with E-state index in [2.05, 4.69) is 0 Å². The Balaban J connectivity index is 1.85. The van der Waals surface area contributed by atoms with E-state index in [-0.39, 0.29) is 44.8 Å². The number of aliphatic hydroxyl groups is 2. The van der Waals surface area contributed by atoms with Crippen LogP contribution >= 0.6 is 0 Å². The minimum Gasteiger partial charge on any atom is -0.506 e. The van der Waals surface area contributed by atoms with Crippen LogP contribution in [0.4, 0.5) is 0 Å². The summed E-state index contributed by atoms with van der Waals surface area (Å²) >= 11 is 0. The molecule has 4 N–H and O–H groups in total. The molecule has 1 aromatic heterocycles. The number of phenols is 2. The Hall–Kier alpha value is -3.23. The molecule has 2 atom stereocenters. The van der Waals surface area contributed by atoms with Crippen molar-refractivity contribution in [3.63, 3.8) is 0 Å². The summed E-state index contributed by atoms with van der Waals surface area (Å²) in [6.07, 6.45) is 1.02. The lowest BCUT2D eigenvalue weighted by molar-refractivity contribution is -0.0765. The number of benzene rings is 2. The fourth-order valence-corrected chi connectivity index (χ4v) is 4.23. The average Bonchev–Trinajstić information content (AvgIpc) is 3.00. The van der Waals surface area contributed by atoms with Gasteiger partial charge in [-0.2, -0.15) is 0 Å². The van der Waals surface area contributed by atoms with Crippen LogP contribution in [0.2, 0.25) is 0 Å². The monoisotopic (exact) mass is 426 g/mol. The van der Waals surface area contributed by atoms with Gasteiger partial charge in [-0.1, -0.05) is 0 Å². The van der Waals surface area contributed by atoms with Crippen LogP contribution < -0.4 is 14.9 Å². The summed E-state index contributed by atoms with van der Waals surface area (Å²) in [5.74, 6) is -0.373. The van der Waals surface area contributed by atoms with Gasteiger partial charge in [-0.15, -0.1) is 0 Å². The van der Waals surface area contributed by atoms with Crippen LogP contribution in [0.1, 0.15) is 44.9 Å². The van der Waals surface area contributed by atoms with Crippen LogP contribution in [0, 0.1) is 0 Å². The van der Waals surface area contributed by atoms with Crippen LogP contribution in [0.3, 0.4) is 0 Å². The van der Waals surface area contributed by atoms with Gasteiger partial charge in [0.15, 0.2) is 17.6 Å². The molecule has 0 fully saturated rings. The van der Waals surface area contributed by atoms with Crippen LogP contribution in [-0.4, -0.2) is 37.7 Å². The van der Waals surface area contributed by atoms with Gasteiger partial charge in [0.05, 0.1) is 22.1 Å². The Labute approximate surface area is 176 Å². The van der Waals surface area contributed by atoms with Gasteiger partial charge in [-0.25, -0.2) is 0 Å². The molecule has 2 aromatic carbocycles. The summed E-state index contributed by atoms with van der Waals surface area (Å²) in [5, 5.41) is 42.4. The molecule has 2 unspecified atom stereocenters. The summed E-state index contributed by atoms with van der Waals surface area (Å²) in [6.45, 7) is 6.64. The lowest BCUT2D eigenvalue weighted by Crippen LogP contribution is -2.41. The first-order chi connectivity index (χ1) is 14.4. The van der Waals surface area contributed by atoms with Gasteiger partial charge in [-0.05, 0) is 45.9 Å². The van der Waals surface area contributed by atoms with Crippen molar-refractivity contribution in [2.75, 3.05) is 0 Å². The SMILES string of the molecule is CC1(C)C=Cc2c(cc3oc4c5c(c(O)cc4c(=O)c3c2O)OC(C(C)(C)O)C5O)O1. The van der Waals surface area contributed by atoms with E-state index < -0.39 is 28.8 Å². The number of fused-ring (bicyclic) bond motifs is 5. The Morgan fingerprint density at radius 1 is 1.16 bits per heavy atom. The summed E-state index contributed by atoms with van der Waals surface area (Å²) in [4.78, 5) is 13.3. The van der Waals surface area contributed by atoms with E-state index in [1.807, 2.05) is 13.8 Å². The predicted molar refractivity (Wildman–Crippen MR) is 113 cm³/mol. The van der Waals surface area contributed by atoms with Crippen LogP contribution in [0.15, 0.2) is 27.4 Å². The Morgan fingerprint density at radius 3 is 2.55 bits per heavy atom. The molecule has 0 radical (unpaired) electrons. The molecule has 2 aliphatic heterocycles. The van der Waals surface area contributed by atoms with Crippen LogP contribution in [0.5, 0.6) is 23.0 Å². The van der Waals surface area contributed by atoms with Gasteiger partial charge in [0.25, 0.3) is 0 Å². The van der Waals surface area contributed by atoms with E-state index in [4.69, 9.17) is 13.9 Å². The Bertz CT molecular complexity index is 1360. The van der Waals surface area contributed by atoms with E-state index in [0.29, 0.717) is 11.3 Å². The first-order valence-electron chi connectivity index (χ1n) is 9.87. The number of aliphatic hydroxyl groups excluding tert-OH is 1. The van der Waals surface area contributed by atoms with E-state index in [0.717, 1.165) is 0 Å². The lowest BCUT2D eigenvalue weighted by atomic mass is 9.93. The highest BCUT2D eigenvalue weighted by atomic mass is 16.5. The maximum Gasteiger partial charge on any atom is 0.204 e. The number of aromatic hydroxyl groups is 2. The molecule has 8 nitrogen and oxygen atoms in total. The van der Waals surface area contributed by atoms with Crippen molar-refractivity contribution in [3.8, 4) is 23.0 Å². The molecule has 0 bridgehead atoms. The smallest absolute Gasteiger partial charge is 0.204 e. The van der Waals surface area contributed by atoms with Crippen molar-refractivity contribution in [1.82, 2.24) is 0 Å². The van der Waals surface area contributed by atoms with Gasteiger partial charge in [0, 0.05) is 6.07 Å². The molecule has 5 rings (SSSR count). The number of hydrogen-bond donors (Lipinski definition) is 4. The van der Waals surface area contributed by atoms with Crippen molar-refractivity contribution >= 4 is 28.0 Å². The van der Waals surface area contributed by atoms with Crippen LogP contribution in [0.25, 0.3) is 28.0 Å². The lowest BCUT2D eigenvalue weighted by Gasteiger charge is -2.28. The molecule has 0 amide bonds. The van der Waals surface area contributed by atoms with E-state index in [9.17, 15) is 25.2 Å². The summed E-state index contributed by atoms with van der Waals surface area (Å²) in [7, 11) is 0. The zero-order valence-corrected chi connectivity index (χ0v) is 17.4.